The number of alkyl halides is 2. The van der Waals surface area contributed by atoms with Crippen molar-refractivity contribution in [2.24, 2.45) is 10.8 Å². The first-order valence-electron chi connectivity index (χ1n) is 14.2. The SMILES string of the molecule is CC1(C)CCC[C@H]1c1cc(COc2cccc([C@@H](CC(=O)O)C3(C)CC3)c2)ccc1-c1cccc(OC(F)F)c1. The van der Waals surface area contributed by atoms with E-state index >= 15 is 0 Å². The number of ether oxygens (including phenoxy) is 2. The van der Waals surface area contributed by atoms with Crippen molar-refractivity contribution in [3.8, 4) is 22.6 Å². The quantitative estimate of drug-likeness (QED) is 0.260. The van der Waals surface area contributed by atoms with Crippen molar-refractivity contribution in [2.45, 2.75) is 84.4 Å². The van der Waals surface area contributed by atoms with Gasteiger partial charge in [-0.25, -0.2) is 0 Å². The van der Waals surface area contributed by atoms with E-state index in [-0.39, 0.29) is 28.9 Å². The smallest absolute Gasteiger partial charge is 0.387 e. The number of hydrogen-bond acceptors (Lipinski definition) is 3. The van der Waals surface area contributed by atoms with Crippen molar-refractivity contribution in [3.63, 3.8) is 0 Å². The topological polar surface area (TPSA) is 55.8 Å². The van der Waals surface area contributed by atoms with Gasteiger partial charge in [-0.3, -0.25) is 4.79 Å². The highest BCUT2D eigenvalue weighted by Gasteiger charge is 2.46. The van der Waals surface area contributed by atoms with Gasteiger partial charge in [0.1, 0.15) is 18.1 Å². The molecule has 0 aliphatic heterocycles. The van der Waals surface area contributed by atoms with Gasteiger partial charge >= 0.3 is 12.6 Å². The third-order valence-electron chi connectivity index (χ3n) is 9.04. The summed E-state index contributed by atoms with van der Waals surface area (Å²) in [4.78, 5) is 11.6. The summed E-state index contributed by atoms with van der Waals surface area (Å²) in [5.74, 6) is 0.395. The van der Waals surface area contributed by atoms with E-state index in [0.29, 0.717) is 12.5 Å². The summed E-state index contributed by atoms with van der Waals surface area (Å²) in [7, 11) is 0. The molecule has 2 aliphatic carbocycles. The highest BCUT2D eigenvalue weighted by molar-refractivity contribution is 5.70. The molecule has 1 N–H and O–H groups in total. The maximum absolute atomic E-state index is 12.9. The third-order valence-corrected chi connectivity index (χ3v) is 9.04. The second-order valence-corrected chi connectivity index (χ2v) is 12.4. The summed E-state index contributed by atoms with van der Waals surface area (Å²) < 4.78 is 36.7. The number of rotatable bonds is 11. The van der Waals surface area contributed by atoms with Crippen LogP contribution in [-0.4, -0.2) is 17.7 Å². The van der Waals surface area contributed by atoms with Gasteiger partial charge in [-0.1, -0.05) is 69.7 Å². The molecule has 3 aromatic rings. The number of carboxylic acids is 1. The number of aliphatic carboxylic acids is 1. The van der Waals surface area contributed by atoms with Gasteiger partial charge in [0.25, 0.3) is 0 Å². The molecule has 0 saturated heterocycles. The van der Waals surface area contributed by atoms with Gasteiger partial charge < -0.3 is 14.6 Å². The number of hydrogen-bond donors (Lipinski definition) is 1. The monoisotopic (exact) mass is 548 g/mol. The molecule has 3 aromatic carbocycles. The first kappa shape index (κ1) is 28.1. The fourth-order valence-electron chi connectivity index (χ4n) is 6.47. The van der Waals surface area contributed by atoms with Gasteiger partial charge in [0, 0.05) is 0 Å². The van der Waals surface area contributed by atoms with Gasteiger partial charge in [0.2, 0.25) is 0 Å². The lowest BCUT2D eigenvalue weighted by atomic mass is 9.75. The van der Waals surface area contributed by atoms with E-state index in [0.717, 1.165) is 60.1 Å². The summed E-state index contributed by atoms with van der Waals surface area (Å²) >= 11 is 0. The minimum absolute atomic E-state index is 0.0335. The molecule has 2 atom stereocenters. The van der Waals surface area contributed by atoms with Crippen LogP contribution in [0.1, 0.15) is 87.8 Å². The molecule has 4 nitrogen and oxygen atoms in total. The maximum Gasteiger partial charge on any atom is 0.387 e. The molecule has 0 heterocycles. The molecule has 40 heavy (non-hydrogen) atoms. The van der Waals surface area contributed by atoms with E-state index in [2.05, 4.69) is 37.6 Å². The molecule has 0 spiro atoms. The fourth-order valence-corrected chi connectivity index (χ4v) is 6.47. The third kappa shape index (κ3) is 6.32. The lowest BCUT2D eigenvalue weighted by molar-refractivity contribution is -0.137. The fraction of sp³-hybridized carbons (Fsp3) is 0.441. The largest absolute Gasteiger partial charge is 0.489 e. The molecule has 212 valence electrons. The number of carbonyl (C=O) groups is 1. The first-order valence-corrected chi connectivity index (χ1v) is 14.2. The molecule has 2 aliphatic rings. The first-order chi connectivity index (χ1) is 19.0. The molecule has 6 heteroatoms. The normalized spacial score (nSPS) is 19.8. The van der Waals surface area contributed by atoms with Gasteiger partial charge in [0.15, 0.2) is 0 Å². The Balaban J connectivity index is 1.41. The van der Waals surface area contributed by atoms with Gasteiger partial charge in [-0.05, 0) is 100 Å². The molecule has 0 radical (unpaired) electrons. The average Bonchev–Trinajstić information content (AvgIpc) is 3.55. The zero-order valence-electron chi connectivity index (χ0n) is 23.5. The Kier molecular flexibility index (Phi) is 7.89. The van der Waals surface area contributed by atoms with Crippen LogP contribution in [0.5, 0.6) is 11.5 Å². The predicted octanol–water partition coefficient (Wildman–Crippen LogP) is 9.19. The Labute approximate surface area is 235 Å². The van der Waals surface area contributed by atoms with Crippen molar-refractivity contribution in [1.82, 2.24) is 0 Å². The molecule has 0 unspecified atom stereocenters. The standard InChI is InChI=1S/C34H38F2O4/c1-33(2)14-6-11-29(33)28-17-22(12-13-27(28)23-7-4-10-26(18-23)40-32(35)36)21-39-25-9-5-8-24(19-25)30(20-31(37)38)34(3)15-16-34/h4-5,7-10,12-13,17-19,29-30,32H,6,11,14-16,20-21H2,1-3H3,(H,37,38)/t29-,30+/m0/s1. The van der Waals surface area contributed by atoms with Gasteiger partial charge in [-0.2, -0.15) is 8.78 Å². The average molecular weight is 549 g/mol. The van der Waals surface area contributed by atoms with Crippen LogP contribution in [0.3, 0.4) is 0 Å². The highest BCUT2D eigenvalue weighted by Crippen LogP contribution is 2.57. The van der Waals surface area contributed by atoms with E-state index in [1.807, 2.05) is 36.4 Å². The Morgan fingerprint density at radius 1 is 0.975 bits per heavy atom. The molecule has 2 fully saturated rings. The number of carboxylic acid groups (broad SMARTS) is 1. The lowest BCUT2D eigenvalue weighted by Gasteiger charge is -2.30. The second kappa shape index (κ2) is 11.2. The van der Waals surface area contributed by atoms with E-state index in [9.17, 15) is 18.7 Å². The van der Waals surface area contributed by atoms with Crippen LogP contribution in [0.2, 0.25) is 0 Å². The molecule has 0 amide bonds. The Bertz CT molecular complexity index is 1360. The van der Waals surface area contributed by atoms with Crippen LogP contribution >= 0.6 is 0 Å². The van der Waals surface area contributed by atoms with Crippen LogP contribution in [0, 0.1) is 10.8 Å². The maximum atomic E-state index is 12.9. The van der Waals surface area contributed by atoms with Gasteiger partial charge in [-0.15, -0.1) is 0 Å². The zero-order chi connectivity index (χ0) is 28.5. The van der Waals surface area contributed by atoms with Crippen molar-refractivity contribution in [3.05, 3.63) is 83.4 Å². The van der Waals surface area contributed by atoms with Crippen molar-refractivity contribution < 1.29 is 28.2 Å². The van der Waals surface area contributed by atoms with Crippen molar-refractivity contribution >= 4 is 5.97 Å². The van der Waals surface area contributed by atoms with Gasteiger partial charge in [0.05, 0.1) is 6.42 Å². The molecule has 0 bridgehead atoms. The summed E-state index contributed by atoms with van der Waals surface area (Å²) in [5, 5.41) is 9.50. The van der Waals surface area contributed by atoms with E-state index in [4.69, 9.17) is 4.74 Å². The predicted molar refractivity (Wildman–Crippen MR) is 152 cm³/mol. The molecular weight excluding hydrogens is 510 g/mol. The van der Waals surface area contributed by atoms with Crippen molar-refractivity contribution in [2.75, 3.05) is 0 Å². The highest BCUT2D eigenvalue weighted by atomic mass is 19.3. The molecular formula is C34H38F2O4. The summed E-state index contributed by atoms with van der Waals surface area (Å²) in [6, 6.07) is 21.1. The summed E-state index contributed by atoms with van der Waals surface area (Å²) in [5.41, 5.74) is 5.28. The summed E-state index contributed by atoms with van der Waals surface area (Å²) in [6.45, 7) is 4.27. The number of halogens is 2. The van der Waals surface area contributed by atoms with E-state index < -0.39 is 12.6 Å². The molecule has 2 saturated carbocycles. The van der Waals surface area contributed by atoms with Crippen LogP contribution in [0.4, 0.5) is 8.78 Å². The lowest BCUT2D eigenvalue weighted by Crippen LogP contribution is -2.16. The second-order valence-electron chi connectivity index (χ2n) is 12.4. The van der Waals surface area contributed by atoms with E-state index in [1.165, 1.54) is 5.56 Å². The Morgan fingerprint density at radius 3 is 2.40 bits per heavy atom. The zero-order valence-corrected chi connectivity index (χ0v) is 23.5. The van der Waals surface area contributed by atoms with Crippen LogP contribution in [-0.2, 0) is 11.4 Å². The van der Waals surface area contributed by atoms with E-state index in [1.54, 1.807) is 18.2 Å². The van der Waals surface area contributed by atoms with Crippen LogP contribution in [0.15, 0.2) is 66.7 Å². The molecule has 5 rings (SSSR count). The van der Waals surface area contributed by atoms with Crippen LogP contribution in [0.25, 0.3) is 11.1 Å². The minimum atomic E-state index is -2.87. The minimum Gasteiger partial charge on any atom is -0.489 e. The Hall–Kier alpha value is -3.41. The van der Waals surface area contributed by atoms with Crippen molar-refractivity contribution in [1.29, 1.82) is 0 Å². The van der Waals surface area contributed by atoms with Crippen LogP contribution < -0.4 is 9.47 Å². The number of benzene rings is 3. The summed E-state index contributed by atoms with van der Waals surface area (Å²) in [6.07, 6.45) is 5.56. The Morgan fingerprint density at radius 2 is 1.73 bits per heavy atom. The molecule has 0 aromatic heterocycles.